The van der Waals surface area contributed by atoms with Crippen molar-refractivity contribution in [1.82, 2.24) is 5.32 Å². The van der Waals surface area contributed by atoms with Crippen molar-refractivity contribution in [2.45, 2.75) is 12.3 Å². The van der Waals surface area contributed by atoms with Gasteiger partial charge in [0.2, 0.25) is 0 Å². The van der Waals surface area contributed by atoms with Crippen LogP contribution in [0.3, 0.4) is 0 Å². The Bertz CT molecular complexity index is 161. The van der Waals surface area contributed by atoms with Crippen LogP contribution in [0.4, 0.5) is 0 Å². The van der Waals surface area contributed by atoms with E-state index in [4.69, 9.17) is 9.47 Å². The highest BCUT2D eigenvalue weighted by Crippen LogP contribution is 2.01. The first-order valence-electron chi connectivity index (χ1n) is 3.72. The van der Waals surface area contributed by atoms with Crippen LogP contribution in [0.1, 0.15) is 0 Å². The molecule has 0 radical (unpaired) electrons. The molecule has 1 fully saturated rings. The van der Waals surface area contributed by atoms with Crippen LogP contribution in [-0.4, -0.2) is 45.7 Å². The second kappa shape index (κ2) is 4.39. The fraction of sp³-hybridized carbons (Fsp3) is 0.857. The molecule has 0 amide bonds. The molecule has 2 atom stereocenters. The molecule has 0 bridgehead atoms. The van der Waals surface area contributed by atoms with Gasteiger partial charge in [0.1, 0.15) is 12.3 Å². The lowest BCUT2D eigenvalue weighted by Gasteiger charge is -2.28. The molecule has 0 aliphatic carbocycles. The van der Waals surface area contributed by atoms with E-state index in [1.165, 1.54) is 7.11 Å². The Hall–Kier alpha value is -0.650. The van der Waals surface area contributed by atoms with E-state index in [-0.39, 0.29) is 12.2 Å². The number of esters is 1. The van der Waals surface area contributed by atoms with Crippen LogP contribution in [0, 0.1) is 0 Å². The van der Waals surface area contributed by atoms with Gasteiger partial charge in [-0.1, -0.05) is 0 Å². The summed E-state index contributed by atoms with van der Waals surface area (Å²) in [5.74, 6) is -0.322. The highest BCUT2D eigenvalue weighted by atomic mass is 16.6. The van der Waals surface area contributed by atoms with Gasteiger partial charge >= 0.3 is 5.97 Å². The molecule has 1 rings (SSSR count). The molecule has 1 aliphatic rings. The minimum Gasteiger partial charge on any atom is -0.468 e. The van der Waals surface area contributed by atoms with E-state index in [2.05, 4.69) is 10.1 Å². The van der Waals surface area contributed by atoms with E-state index >= 15 is 0 Å². The monoisotopic (exact) mass is 175 g/mol. The van der Waals surface area contributed by atoms with Crippen molar-refractivity contribution >= 4 is 5.97 Å². The average molecular weight is 175 g/mol. The van der Waals surface area contributed by atoms with E-state index in [0.717, 1.165) is 0 Å². The number of carbonyl (C=O) groups excluding carboxylic acids is 1. The summed E-state index contributed by atoms with van der Waals surface area (Å²) in [5, 5.41) is 2.93. The normalized spacial score (nSPS) is 29.8. The van der Waals surface area contributed by atoms with Gasteiger partial charge in [-0.2, -0.15) is 0 Å². The summed E-state index contributed by atoms with van der Waals surface area (Å²) in [7, 11) is 2.90. The average Bonchev–Trinajstić information content (AvgIpc) is 2.17. The molecule has 5 nitrogen and oxygen atoms in total. The lowest BCUT2D eigenvalue weighted by molar-refractivity contribution is -0.151. The lowest BCUT2D eigenvalue weighted by Crippen LogP contribution is -2.53. The number of rotatable bonds is 2. The Balaban J connectivity index is 2.40. The summed E-state index contributed by atoms with van der Waals surface area (Å²) in [6, 6.07) is -0.409. The van der Waals surface area contributed by atoms with Crippen LogP contribution in [0.5, 0.6) is 0 Å². The number of morpholine rings is 1. The zero-order chi connectivity index (χ0) is 8.97. The zero-order valence-corrected chi connectivity index (χ0v) is 7.20. The van der Waals surface area contributed by atoms with Crippen LogP contribution in [0.15, 0.2) is 0 Å². The van der Waals surface area contributed by atoms with E-state index in [1.54, 1.807) is 7.11 Å². The van der Waals surface area contributed by atoms with E-state index in [9.17, 15) is 4.79 Å². The SMILES string of the molecule is COC(=O)C1COCC(OC)N1. The van der Waals surface area contributed by atoms with Crippen molar-refractivity contribution in [2.24, 2.45) is 0 Å². The third kappa shape index (κ3) is 2.17. The van der Waals surface area contributed by atoms with Crippen molar-refractivity contribution < 1.29 is 19.0 Å². The van der Waals surface area contributed by atoms with E-state index in [0.29, 0.717) is 13.2 Å². The number of hydrogen-bond acceptors (Lipinski definition) is 5. The first-order chi connectivity index (χ1) is 5.77. The van der Waals surface area contributed by atoms with Gasteiger partial charge in [0, 0.05) is 7.11 Å². The Labute approximate surface area is 71.0 Å². The second-order valence-electron chi connectivity index (χ2n) is 2.50. The molecule has 0 aromatic carbocycles. The predicted octanol–water partition coefficient (Wildman–Crippen LogP) is -0.880. The van der Waals surface area contributed by atoms with Crippen LogP contribution >= 0.6 is 0 Å². The molecule has 5 heteroatoms. The molecule has 0 saturated carbocycles. The molecule has 0 spiro atoms. The zero-order valence-electron chi connectivity index (χ0n) is 7.20. The summed E-state index contributed by atoms with van der Waals surface area (Å²) in [4.78, 5) is 11.0. The molecule has 1 heterocycles. The van der Waals surface area contributed by atoms with Crippen molar-refractivity contribution in [3.05, 3.63) is 0 Å². The van der Waals surface area contributed by atoms with Crippen molar-refractivity contribution in [3.63, 3.8) is 0 Å². The second-order valence-corrected chi connectivity index (χ2v) is 2.50. The smallest absolute Gasteiger partial charge is 0.325 e. The Kier molecular flexibility index (Phi) is 3.46. The van der Waals surface area contributed by atoms with Gasteiger partial charge in [0.25, 0.3) is 0 Å². The predicted molar refractivity (Wildman–Crippen MR) is 40.6 cm³/mol. The number of nitrogens with one attached hydrogen (secondary N) is 1. The van der Waals surface area contributed by atoms with Gasteiger partial charge in [0.05, 0.1) is 20.3 Å². The summed E-state index contributed by atoms with van der Waals surface area (Å²) in [6.07, 6.45) is -0.220. The Morgan fingerprint density at radius 3 is 2.83 bits per heavy atom. The molecule has 0 aromatic rings. The third-order valence-corrected chi connectivity index (χ3v) is 1.71. The van der Waals surface area contributed by atoms with E-state index in [1.807, 2.05) is 0 Å². The maximum Gasteiger partial charge on any atom is 0.325 e. The summed E-state index contributed by atoms with van der Waals surface area (Å²) < 4.78 is 14.6. The number of ether oxygens (including phenoxy) is 3. The van der Waals surface area contributed by atoms with Crippen molar-refractivity contribution in [2.75, 3.05) is 27.4 Å². The van der Waals surface area contributed by atoms with E-state index < -0.39 is 6.04 Å². The van der Waals surface area contributed by atoms with Crippen molar-refractivity contribution in [3.8, 4) is 0 Å². The molecule has 12 heavy (non-hydrogen) atoms. The Morgan fingerprint density at radius 2 is 2.25 bits per heavy atom. The fourth-order valence-electron chi connectivity index (χ4n) is 1.03. The number of carbonyl (C=O) groups is 1. The molecule has 70 valence electrons. The fourth-order valence-corrected chi connectivity index (χ4v) is 1.03. The minimum atomic E-state index is -0.409. The van der Waals surface area contributed by atoms with Gasteiger partial charge in [-0.25, -0.2) is 0 Å². The number of methoxy groups -OCH3 is 2. The van der Waals surface area contributed by atoms with Gasteiger partial charge < -0.3 is 14.2 Å². The molecule has 1 N–H and O–H groups in total. The quantitative estimate of drug-likeness (QED) is 0.552. The van der Waals surface area contributed by atoms with Crippen LogP contribution in [0.2, 0.25) is 0 Å². The third-order valence-electron chi connectivity index (χ3n) is 1.71. The minimum absolute atomic E-state index is 0.220. The van der Waals surface area contributed by atoms with Gasteiger partial charge in [-0.05, 0) is 0 Å². The molecule has 1 aliphatic heterocycles. The largest absolute Gasteiger partial charge is 0.468 e. The van der Waals surface area contributed by atoms with Gasteiger partial charge in [0.15, 0.2) is 0 Å². The van der Waals surface area contributed by atoms with Gasteiger partial charge in [-0.3, -0.25) is 10.1 Å². The summed E-state index contributed by atoms with van der Waals surface area (Å²) in [6.45, 7) is 0.802. The molecule has 0 aromatic heterocycles. The summed E-state index contributed by atoms with van der Waals surface area (Å²) >= 11 is 0. The first kappa shape index (κ1) is 9.44. The Morgan fingerprint density at radius 1 is 1.50 bits per heavy atom. The topological polar surface area (TPSA) is 56.8 Å². The first-order valence-corrected chi connectivity index (χ1v) is 3.72. The lowest BCUT2D eigenvalue weighted by atomic mass is 10.3. The molecule has 1 saturated heterocycles. The van der Waals surface area contributed by atoms with Crippen molar-refractivity contribution in [1.29, 1.82) is 0 Å². The summed E-state index contributed by atoms with van der Waals surface area (Å²) in [5.41, 5.74) is 0. The molecular formula is C7H13NO4. The number of hydrogen-bond donors (Lipinski definition) is 1. The van der Waals surface area contributed by atoms with Crippen LogP contribution < -0.4 is 5.32 Å². The standard InChI is InChI=1S/C7H13NO4/c1-10-6-4-12-3-5(8-6)7(9)11-2/h5-6,8H,3-4H2,1-2H3. The van der Waals surface area contributed by atoms with Crippen LogP contribution in [-0.2, 0) is 19.0 Å². The molecule has 2 unspecified atom stereocenters. The maximum absolute atomic E-state index is 11.0. The molecular weight excluding hydrogens is 162 g/mol. The highest BCUT2D eigenvalue weighted by molar-refractivity contribution is 5.75. The van der Waals surface area contributed by atoms with Crippen LogP contribution in [0.25, 0.3) is 0 Å². The highest BCUT2D eigenvalue weighted by Gasteiger charge is 2.27. The maximum atomic E-state index is 11.0. The van der Waals surface area contributed by atoms with Gasteiger partial charge in [-0.15, -0.1) is 0 Å².